The Labute approximate surface area is 139 Å². The molecule has 0 fully saturated rings. The molecule has 2 aromatic carbocycles. The summed E-state index contributed by atoms with van der Waals surface area (Å²) >= 11 is 0. The van der Waals surface area contributed by atoms with Crippen LogP contribution in [0.5, 0.6) is 17.2 Å². The highest BCUT2D eigenvalue weighted by Gasteiger charge is 2.22. The minimum absolute atomic E-state index is 0.219. The maximum Gasteiger partial charge on any atom is 0.282 e. The Morgan fingerprint density at radius 3 is 2.46 bits per heavy atom. The molecule has 2 rings (SSSR count). The minimum Gasteiger partial charge on any atom is -0.497 e. The van der Waals surface area contributed by atoms with E-state index >= 15 is 0 Å². The van der Waals surface area contributed by atoms with E-state index in [0.717, 1.165) is 5.56 Å². The molecule has 1 N–H and O–H groups in total. The van der Waals surface area contributed by atoms with Crippen molar-refractivity contribution in [2.24, 2.45) is 0 Å². The first-order valence-electron chi connectivity index (χ1n) is 7.24. The molecule has 0 saturated heterocycles. The normalized spacial score (nSPS) is 11.8. The van der Waals surface area contributed by atoms with E-state index in [9.17, 15) is 19.6 Å². The summed E-state index contributed by atoms with van der Waals surface area (Å²) in [5, 5.41) is 10.9. The molecule has 0 amide bonds. The third kappa shape index (κ3) is 3.75. The Hall–Kier alpha value is -2.37. The largest absolute Gasteiger partial charge is 0.497 e. The van der Waals surface area contributed by atoms with Crippen molar-refractivity contribution >= 4 is 19.0 Å². The lowest BCUT2D eigenvalue weighted by molar-refractivity contribution is -0.383. The number of benzene rings is 2. The zero-order chi connectivity index (χ0) is 17.9. The van der Waals surface area contributed by atoms with Crippen LogP contribution in [-0.2, 0) is 11.0 Å². The summed E-state index contributed by atoms with van der Waals surface area (Å²) in [4.78, 5) is 19.8. The first kappa shape index (κ1) is 18.0. The minimum atomic E-state index is -3.24. The summed E-state index contributed by atoms with van der Waals surface area (Å²) in [7, 11) is -1.67. The molecule has 7 nitrogen and oxygen atoms in total. The number of methoxy groups -OCH3 is 1. The molecule has 0 spiro atoms. The summed E-state index contributed by atoms with van der Waals surface area (Å²) in [6, 6.07) is 7.82. The molecular weight excluding hydrogens is 333 g/mol. The summed E-state index contributed by atoms with van der Waals surface area (Å²) in [5.74, 6) is 1.56. The summed E-state index contributed by atoms with van der Waals surface area (Å²) in [6.45, 7) is 3.67. The fourth-order valence-electron chi connectivity index (χ4n) is 2.29. The predicted octanol–water partition coefficient (Wildman–Crippen LogP) is 3.36. The van der Waals surface area contributed by atoms with Crippen molar-refractivity contribution in [2.75, 3.05) is 7.11 Å². The van der Waals surface area contributed by atoms with Crippen molar-refractivity contribution in [3.8, 4) is 17.2 Å². The van der Waals surface area contributed by atoms with Gasteiger partial charge in [0, 0.05) is 17.7 Å². The fraction of sp³-hybridized carbons (Fsp3) is 0.250. The molecule has 1 unspecified atom stereocenters. The van der Waals surface area contributed by atoms with Gasteiger partial charge >= 0.3 is 0 Å². The highest BCUT2D eigenvalue weighted by molar-refractivity contribution is 7.47. The maximum atomic E-state index is 11.5. The van der Waals surface area contributed by atoms with E-state index in [2.05, 4.69) is 0 Å². The predicted molar refractivity (Wildman–Crippen MR) is 91.1 cm³/mol. The molecule has 1 atom stereocenters. The van der Waals surface area contributed by atoms with Gasteiger partial charge in [-0.05, 0) is 37.1 Å². The van der Waals surface area contributed by atoms with E-state index in [1.807, 2.05) is 13.8 Å². The lowest BCUT2D eigenvalue weighted by Crippen LogP contribution is -2.08. The number of hydrogen-bond acceptors (Lipinski definition) is 5. The van der Waals surface area contributed by atoms with Gasteiger partial charge in [0.05, 0.1) is 12.0 Å². The Balaban J connectivity index is 2.51. The van der Waals surface area contributed by atoms with E-state index < -0.39 is 13.0 Å². The van der Waals surface area contributed by atoms with Crippen molar-refractivity contribution in [3.05, 3.63) is 51.6 Å². The van der Waals surface area contributed by atoms with Crippen LogP contribution in [0.4, 0.5) is 5.69 Å². The third-order valence-corrected chi connectivity index (χ3v) is 4.45. The summed E-state index contributed by atoms with van der Waals surface area (Å²) in [5.41, 5.74) is 1.04. The molecule has 0 bridgehead atoms. The zero-order valence-corrected chi connectivity index (χ0v) is 14.5. The van der Waals surface area contributed by atoms with Crippen LogP contribution in [0.25, 0.3) is 0 Å². The van der Waals surface area contributed by atoms with Crippen LogP contribution in [0.15, 0.2) is 30.3 Å². The number of nitro groups is 1. The number of nitrogens with zero attached hydrogens (tertiary/aromatic N) is 1. The number of aryl methyl sites for hydroxylation is 2. The van der Waals surface area contributed by atoms with Crippen LogP contribution < -0.4 is 14.8 Å². The molecule has 0 aliphatic rings. The topological polar surface area (TPSA) is 98.9 Å². The number of rotatable bonds is 6. The Morgan fingerprint density at radius 1 is 1.25 bits per heavy atom. The van der Waals surface area contributed by atoms with Crippen molar-refractivity contribution in [1.29, 1.82) is 0 Å². The molecular formula is C16H18NO6P. The first-order valence-corrected chi connectivity index (χ1v) is 8.60. The zero-order valence-electron chi connectivity index (χ0n) is 13.5. The molecule has 128 valence electrons. The van der Waals surface area contributed by atoms with Gasteiger partial charge in [-0.2, -0.15) is 0 Å². The van der Waals surface area contributed by atoms with E-state index in [1.165, 1.54) is 12.1 Å². The molecule has 8 heteroatoms. The van der Waals surface area contributed by atoms with E-state index in [4.69, 9.17) is 9.47 Å². The molecule has 0 aliphatic heterocycles. The van der Waals surface area contributed by atoms with Gasteiger partial charge in [-0.15, -0.1) is 0 Å². The smallest absolute Gasteiger partial charge is 0.282 e. The van der Waals surface area contributed by atoms with Crippen LogP contribution >= 0.6 is 8.03 Å². The highest BCUT2D eigenvalue weighted by atomic mass is 31.1. The second kappa shape index (κ2) is 7.47. The van der Waals surface area contributed by atoms with Gasteiger partial charge in [0.15, 0.2) is 0 Å². The number of hydrogen-bond donors (Lipinski definition) is 1. The van der Waals surface area contributed by atoms with E-state index in [-0.39, 0.29) is 11.0 Å². The van der Waals surface area contributed by atoms with Crippen molar-refractivity contribution in [2.45, 2.75) is 20.3 Å². The maximum absolute atomic E-state index is 11.5. The van der Waals surface area contributed by atoms with Gasteiger partial charge in [0.25, 0.3) is 5.69 Å². The number of ether oxygens (including phenoxy) is 2. The quantitative estimate of drug-likeness (QED) is 0.487. The van der Waals surface area contributed by atoms with Gasteiger partial charge in [0.2, 0.25) is 8.03 Å². The monoisotopic (exact) mass is 351 g/mol. The molecule has 0 heterocycles. The highest BCUT2D eigenvalue weighted by Crippen LogP contribution is 2.34. The first-order chi connectivity index (χ1) is 11.4. The van der Waals surface area contributed by atoms with Gasteiger partial charge in [-0.3, -0.25) is 14.7 Å². The Bertz CT molecular complexity index is 805. The average Bonchev–Trinajstić information content (AvgIpc) is 2.55. The molecule has 24 heavy (non-hydrogen) atoms. The lowest BCUT2D eigenvalue weighted by atomic mass is 10.1. The molecule has 0 saturated carbocycles. The number of nitro benzene ring substituents is 1. The van der Waals surface area contributed by atoms with Crippen molar-refractivity contribution in [1.82, 2.24) is 0 Å². The molecule has 0 radical (unpaired) electrons. The van der Waals surface area contributed by atoms with Crippen molar-refractivity contribution in [3.63, 3.8) is 0 Å². The van der Waals surface area contributed by atoms with E-state index in [0.29, 0.717) is 29.2 Å². The lowest BCUT2D eigenvalue weighted by Gasteiger charge is -2.14. The SMILES string of the molecule is CCc1cc([N+](=O)[O-])c([PH](=O)O)cc1Oc1ccc(OC)cc1C. The fourth-order valence-corrected chi connectivity index (χ4v) is 2.92. The van der Waals surface area contributed by atoms with Crippen LogP contribution in [0.3, 0.4) is 0 Å². The van der Waals surface area contributed by atoms with Gasteiger partial charge in [-0.25, -0.2) is 0 Å². The van der Waals surface area contributed by atoms with Crippen molar-refractivity contribution < 1.29 is 23.9 Å². The standard InChI is InChI=1S/C16H18NO6P/c1-4-11-8-13(17(18)19)16(24(20)21)9-15(11)23-14-6-5-12(22-3)7-10(14)2/h5-9,24H,4H2,1-3H3,(H,20,21). The van der Waals surface area contributed by atoms with Crippen LogP contribution in [0, 0.1) is 17.0 Å². The van der Waals surface area contributed by atoms with E-state index in [1.54, 1.807) is 25.3 Å². The summed E-state index contributed by atoms with van der Waals surface area (Å²) < 4.78 is 22.5. The molecule has 2 aromatic rings. The van der Waals surface area contributed by atoms with Crippen LogP contribution in [-0.4, -0.2) is 16.9 Å². The average molecular weight is 351 g/mol. The Morgan fingerprint density at radius 2 is 1.96 bits per heavy atom. The summed E-state index contributed by atoms with van der Waals surface area (Å²) in [6.07, 6.45) is 0.484. The Kier molecular flexibility index (Phi) is 5.59. The van der Waals surface area contributed by atoms with Gasteiger partial charge < -0.3 is 14.4 Å². The van der Waals surface area contributed by atoms with Crippen LogP contribution in [0.1, 0.15) is 18.1 Å². The van der Waals surface area contributed by atoms with Gasteiger partial charge in [0.1, 0.15) is 22.6 Å². The van der Waals surface area contributed by atoms with Gasteiger partial charge in [-0.1, -0.05) is 6.92 Å². The second-order valence-corrected chi connectivity index (χ2v) is 6.28. The second-order valence-electron chi connectivity index (χ2n) is 5.13. The third-order valence-electron chi connectivity index (χ3n) is 3.59. The molecule has 0 aromatic heterocycles. The molecule has 0 aliphatic carbocycles. The van der Waals surface area contributed by atoms with Crippen LogP contribution in [0.2, 0.25) is 0 Å².